The molecule has 1 aromatic heterocycles. The van der Waals surface area contributed by atoms with Gasteiger partial charge in [-0.3, -0.25) is 14.4 Å². The lowest BCUT2D eigenvalue weighted by molar-refractivity contribution is -0.122. The van der Waals surface area contributed by atoms with E-state index in [1.54, 1.807) is 0 Å². The number of likely N-dealkylation sites (tertiary alicyclic amines) is 1. The van der Waals surface area contributed by atoms with E-state index in [4.69, 9.17) is 15.0 Å². The van der Waals surface area contributed by atoms with E-state index in [-0.39, 0.29) is 13.1 Å². The van der Waals surface area contributed by atoms with Crippen molar-refractivity contribution in [2.45, 2.75) is 31.3 Å². The number of hydrogen-bond donors (Lipinski definition) is 2. The molecule has 136 valence electrons. The van der Waals surface area contributed by atoms with Crippen molar-refractivity contribution in [3.05, 3.63) is 18.0 Å². The third-order valence-electron chi connectivity index (χ3n) is 4.37. The summed E-state index contributed by atoms with van der Waals surface area (Å²) in [5.74, 6) is 5.77. The number of aliphatic hydroxyl groups is 1. The van der Waals surface area contributed by atoms with Crippen LogP contribution in [0.3, 0.4) is 0 Å². The van der Waals surface area contributed by atoms with Gasteiger partial charge in [-0.25, -0.2) is 0 Å². The summed E-state index contributed by atoms with van der Waals surface area (Å²) in [4.78, 5) is 11.1. The van der Waals surface area contributed by atoms with Crippen LogP contribution < -0.4 is 0 Å². The van der Waals surface area contributed by atoms with Gasteiger partial charge in [-0.1, -0.05) is 0 Å². The normalized spacial score (nSPS) is 23.1. The molecule has 0 amide bonds. The van der Waals surface area contributed by atoms with E-state index >= 15 is 0 Å². The molecule has 0 spiro atoms. The largest absolute Gasteiger partial charge is 0.483 e. The molecule has 24 heavy (non-hydrogen) atoms. The summed E-state index contributed by atoms with van der Waals surface area (Å²) in [6.45, 7) is 2.92. The quantitative estimate of drug-likeness (QED) is 0.776. The number of carbonyl (C=O) groups is 1. The maximum Gasteiger partial charge on any atom is 0.290 e. The zero-order chi connectivity index (χ0) is 17.2. The molecule has 1 unspecified atom stereocenters. The van der Waals surface area contributed by atoms with Crippen molar-refractivity contribution in [3.63, 3.8) is 0 Å². The van der Waals surface area contributed by atoms with Crippen LogP contribution in [-0.4, -0.2) is 80.1 Å². The summed E-state index contributed by atoms with van der Waals surface area (Å²) < 4.78 is 1.87. The molecule has 0 radical (unpaired) electrons. The molecule has 8 heteroatoms. The van der Waals surface area contributed by atoms with Gasteiger partial charge in [0.05, 0.1) is 18.8 Å². The topological polar surface area (TPSA) is 78.6 Å². The lowest BCUT2D eigenvalue weighted by Crippen LogP contribution is -2.44. The van der Waals surface area contributed by atoms with Crippen LogP contribution in [0.25, 0.3) is 0 Å². The summed E-state index contributed by atoms with van der Waals surface area (Å²) in [5.41, 5.74) is 1.21. The zero-order valence-corrected chi connectivity index (χ0v) is 15.6. The van der Waals surface area contributed by atoms with Crippen molar-refractivity contribution in [2.24, 2.45) is 0 Å². The number of rotatable bonds is 4. The SMILES string of the molecule is O=CO.OCCn1ccc(C2CCCN(C3CSCCSC3)C2)n1. The Morgan fingerprint density at radius 3 is 2.71 bits per heavy atom. The molecule has 0 aliphatic carbocycles. The Hall–Kier alpha value is -0.700. The molecule has 2 saturated heterocycles. The maximum atomic E-state index is 9.00. The van der Waals surface area contributed by atoms with E-state index in [9.17, 15) is 0 Å². The highest BCUT2D eigenvalue weighted by Gasteiger charge is 2.28. The molecule has 0 aromatic carbocycles. The Balaban J connectivity index is 0.000000647. The van der Waals surface area contributed by atoms with Crippen molar-refractivity contribution in [1.29, 1.82) is 0 Å². The number of aromatic nitrogens is 2. The first kappa shape index (κ1) is 19.6. The number of thioether (sulfide) groups is 2. The number of piperidine rings is 1. The summed E-state index contributed by atoms with van der Waals surface area (Å²) >= 11 is 4.23. The first-order valence-corrected chi connectivity index (χ1v) is 10.7. The van der Waals surface area contributed by atoms with Crippen molar-refractivity contribution in [1.82, 2.24) is 14.7 Å². The highest BCUT2D eigenvalue weighted by molar-refractivity contribution is 8.03. The molecule has 2 fully saturated rings. The van der Waals surface area contributed by atoms with Gasteiger partial charge in [0.1, 0.15) is 0 Å². The van der Waals surface area contributed by atoms with E-state index in [1.807, 2.05) is 10.9 Å². The molecular weight excluding hydrogens is 346 g/mol. The minimum absolute atomic E-state index is 0.161. The number of aliphatic hydroxyl groups excluding tert-OH is 1. The molecule has 2 N–H and O–H groups in total. The van der Waals surface area contributed by atoms with Gasteiger partial charge in [0.2, 0.25) is 0 Å². The lowest BCUT2D eigenvalue weighted by Gasteiger charge is -2.37. The molecule has 0 saturated carbocycles. The summed E-state index contributed by atoms with van der Waals surface area (Å²) in [7, 11) is 0. The van der Waals surface area contributed by atoms with Gasteiger partial charge in [-0.05, 0) is 25.5 Å². The second-order valence-corrected chi connectivity index (χ2v) is 8.27. The van der Waals surface area contributed by atoms with Crippen LogP contribution in [0.5, 0.6) is 0 Å². The van der Waals surface area contributed by atoms with Crippen LogP contribution in [0.4, 0.5) is 0 Å². The summed E-state index contributed by atoms with van der Waals surface area (Å²) in [6, 6.07) is 2.88. The summed E-state index contributed by atoms with van der Waals surface area (Å²) in [5, 5.41) is 20.5. The average molecular weight is 374 g/mol. The third kappa shape index (κ3) is 5.98. The maximum absolute atomic E-state index is 9.00. The van der Waals surface area contributed by atoms with Crippen molar-refractivity contribution < 1.29 is 15.0 Å². The Labute approximate surface area is 152 Å². The number of carboxylic acid groups (broad SMARTS) is 1. The van der Waals surface area contributed by atoms with Crippen molar-refractivity contribution in [2.75, 3.05) is 42.7 Å². The average Bonchev–Trinajstić information content (AvgIpc) is 2.89. The molecule has 0 bridgehead atoms. The highest BCUT2D eigenvalue weighted by Crippen LogP contribution is 2.29. The van der Waals surface area contributed by atoms with Gasteiger partial charge < -0.3 is 10.2 Å². The highest BCUT2D eigenvalue weighted by atomic mass is 32.2. The van der Waals surface area contributed by atoms with Crippen LogP contribution in [-0.2, 0) is 11.3 Å². The second kappa shape index (κ2) is 11.0. The Morgan fingerprint density at radius 2 is 2.04 bits per heavy atom. The van der Waals surface area contributed by atoms with Gasteiger partial charge in [0.25, 0.3) is 6.47 Å². The Bertz CT molecular complexity index is 479. The third-order valence-corrected chi connectivity index (χ3v) is 6.86. The van der Waals surface area contributed by atoms with E-state index in [1.165, 1.54) is 48.1 Å². The van der Waals surface area contributed by atoms with Crippen LogP contribution in [0.1, 0.15) is 24.5 Å². The fraction of sp³-hybridized carbons (Fsp3) is 0.750. The van der Waals surface area contributed by atoms with Crippen molar-refractivity contribution in [3.8, 4) is 0 Å². The van der Waals surface area contributed by atoms with E-state index < -0.39 is 0 Å². The Kier molecular flexibility index (Phi) is 9.01. The molecular formula is C16H27N3O3S2. The minimum Gasteiger partial charge on any atom is -0.483 e. The summed E-state index contributed by atoms with van der Waals surface area (Å²) in [6.07, 6.45) is 4.53. The number of nitrogens with zero attached hydrogens (tertiary/aromatic N) is 3. The zero-order valence-electron chi connectivity index (χ0n) is 13.9. The van der Waals surface area contributed by atoms with Gasteiger partial charge >= 0.3 is 0 Å². The molecule has 1 aromatic rings. The minimum atomic E-state index is -0.250. The predicted molar refractivity (Wildman–Crippen MR) is 100.0 cm³/mol. The molecule has 3 rings (SSSR count). The number of hydrogen-bond acceptors (Lipinski definition) is 6. The van der Waals surface area contributed by atoms with E-state index in [0.29, 0.717) is 12.5 Å². The van der Waals surface area contributed by atoms with Crippen LogP contribution >= 0.6 is 23.5 Å². The van der Waals surface area contributed by atoms with Crippen LogP contribution in [0.15, 0.2) is 12.3 Å². The van der Waals surface area contributed by atoms with E-state index in [2.05, 4.69) is 39.6 Å². The van der Waals surface area contributed by atoms with Crippen molar-refractivity contribution >= 4 is 30.0 Å². The van der Waals surface area contributed by atoms with Crippen LogP contribution in [0.2, 0.25) is 0 Å². The molecule has 3 heterocycles. The van der Waals surface area contributed by atoms with Gasteiger partial charge in [0, 0.05) is 47.7 Å². The first-order chi connectivity index (χ1) is 11.8. The fourth-order valence-electron chi connectivity index (χ4n) is 3.22. The molecule has 1 atom stereocenters. The van der Waals surface area contributed by atoms with Gasteiger partial charge in [0.15, 0.2) is 0 Å². The monoisotopic (exact) mass is 373 g/mol. The molecule has 2 aliphatic rings. The fourth-order valence-corrected chi connectivity index (χ4v) is 5.84. The second-order valence-electron chi connectivity index (χ2n) is 5.97. The Morgan fingerprint density at radius 1 is 1.33 bits per heavy atom. The lowest BCUT2D eigenvalue weighted by atomic mass is 9.94. The van der Waals surface area contributed by atoms with Crippen LogP contribution in [0, 0.1) is 0 Å². The predicted octanol–water partition coefficient (Wildman–Crippen LogP) is 1.60. The van der Waals surface area contributed by atoms with Gasteiger partial charge in [-0.2, -0.15) is 28.6 Å². The van der Waals surface area contributed by atoms with Gasteiger partial charge in [-0.15, -0.1) is 0 Å². The molecule has 6 nitrogen and oxygen atoms in total. The van der Waals surface area contributed by atoms with E-state index in [0.717, 1.165) is 12.6 Å². The standard InChI is InChI=1S/C15H25N3OS2.CH2O2/c19-7-6-18-5-3-15(16-18)13-2-1-4-17(10-13)14-11-20-8-9-21-12-14;2-1-3/h3,5,13-14,19H,1-2,4,6-12H2;1H,(H,2,3). The smallest absolute Gasteiger partial charge is 0.290 e. The molecule has 2 aliphatic heterocycles. The first-order valence-electron chi connectivity index (χ1n) is 8.40.